The second-order valence-corrected chi connectivity index (χ2v) is 11.4. The summed E-state index contributed by atoms with van der Waals surface area (Å²) in [4.78, 5) is 50.0. The molecule has 0 spiro atoms. The van der Waals surface area contributed by atoms with Crippen molar-refractivity contribution in [2.24, 2.45) is 5.41 Å². The summed E-state index contributed by atoms with van der Waals surface area (Å²) >= 11 is 0. The lowest BCUT2D eigenvalue weighted by molar-refractivity contribution is -0.140. The molecule has 1 saturated heterocycles. The van der Waals surface area contributed by atoms with Crippen molar-refractivity contribution in [3.63, 3.8) is 0 Å². The molecule has 0 unspecified atom stereocenters. The molecule has 0 bridgehead atoms. The van der Waals surface area contributed by atoms with Crippen LogP contribution in [0.4, 0.5) is 0 Å². The Hall–Kier alpha value is -4.40. The number of nitrogens with one attached hydrogen (secondary N) is 1. The molecule has 2 fully saturated rings. The number of amides is 2. The van der Waals surface area contributed by atoms with Crippen molar-refractivity contribution in [2.45, 2.75) is 65.7 Å². The zero-order valence-corrected chi connectivity index (χ0v) is 23.1. The summed E-state index contributed by atoms with van der Waals surface area (Å²) in [6.45, 7) is 7.76. The standard InChI is InChI=1S/C31H32N6O3/c1-18-10-22(23-15-32-20(3)33-16-23)11-24-28(19(2)38)35-36(29(18)24)17-27(39)37-25(12-31(4)13-26(31)37)30(40)34-14-21-8-6-5-7-9-21/h5-11,15-16,25-26H,12-14,17H2,1-4H3,(H,34,40)/t25-,26+,31-/m0/s1. The number of hydrogen-bond donors (Lipinski definition) is 1. The van der Waals surface area contributed by atoms with Crippen LogP contribution in [0.1, 0.15) is 54.1 Å². The van der Waals surface area contributed by atoms with E-state index in [1.165, 1.54) is 6.92 Å². The van der Waals surface area contributed by atoms with Gasteiger partial charge in [0.1, 0.15) is 24.1 Å². The van der Waals surface area contributed by atoms with E-state index in [1.54, 1.807) is 22.0 Å². The Kier molecular flexibility index (Phi) is 6.24. The lowest BCUT2D eigenvalue weighted by Crippen LogP contribution is -2.48. The smallest absolute Gasteiger partial charge is 0.245 e. The highest BCUT2D eigenvalue weighted by molar-refractivity contribution is 6.07. The van der Waals surface area contributed by atoms with Crippen molar-refractivity contribution in [3.8, 4) is 11.1 Å². The Bertz CT molecular complexity index is 1650. The van der Waals surface area contributed by atoms with E-state index in [4.69, 9.17) is 0 Å². The third-order valence-corrected chi connectivity index (χ3v) is 8.30. The van der Waals surface area contributed by atoms with Gasteiger partial charge in [0.2, 0.25) is 11.8 Å². The number of aryl methyl sites for hydroxylation is 2. The van der Waals surface area contributed by atoms with Crippen LogP contribution in [0.5, 0.6) is 0 Å². The quantitative estimate of drug-likeness (QED) is 0.358. The highest BCUT2D eigenvalue weighted by Crippen LogP contribution is 2.59. The number of nitrogens with zero attached hydrogens (tertiary/aromatic N) is 5. The fourth-order valence-corrected chi connectivity index (χ4v) is 6.08. The van der Waals surface area contributed by atoms with Crippen molar-refractivity contribution >= 4 is 28.5 Å². The van der Waals surface area contributed by atoms with E-state index in [0.717, 1.165) is 34.2 Å². The van der Waals surface area contributed by atoms with Gasteiger partial charge in [-0.3, -0.25) is 19.1 Å². The first-order chi connectivity index (χ1) is 19.1. The number of hydrogen-bond acceptors (Lipinski definition) is 6. The van der Waals surface area contributed by atoms with Gasteiger partial charge in [0.15, 0.2) is 5.78 Å². The Balaban J connectivity index is 1.29. The number of carbonyl (C=O) groups is 3. The number of benzene rings is 2. The first-order valence-corrected chi connectivity index (χ1v) is 13.6. The molecule has 40 heavy (non-hydrogen) atoms. The molecule has 3 atom stereocenters. The molecule has 6 rings (SSSR count). The van der Waals surface area contributed by atoms with Crippen LogP contribution in [0.15, 0.2) is 54.9 Å². The predicted octanol–water partition coefficient (Wildman–Crippen LogP) is 4.01. The van der Waals surface area contributed by atoms with Crippen LogP contribution in [0.2, 0.25) is 0 Å². The van der Waals surface area contributed by atoms with Gasteiger partial charge >= 0.3 is 0 Å². The molecule has 2 aromatic carbocycles. The third kappa shape index (κ3) is 4.55. The molecule has 9 nitrogen and oxygen atoms in total. The topological polar surface area (TPSA) is 110 Å². The van der Waals surface area contributed by atoms with Gasteiger partial charge in [-0.05, 0) is 60.9 Å². The summed E-state index contributed by atoms with van der Waals surface area (Å²) in [5.74, 6) is 0.197. The molecular weight excluding hydrogens is 504 g/mol. The number of carbonyl (C=O) groups excluding carboxylic acids is 3. The minimum Gasteiger partial charge on any atom is -0.350 e. The lowest BCUT2D eigenvalue weighted by Gasteiger charge is -2.27. The minimum atomic E-state index is -0.525. The predicted molar refractivity (Wildman–Crippen MR) is 150 cm³/mol. The van der Waals surface area contributed by atoms with Gasteiger partial charge in [-0.1, -0.05) is 37.3 Å². The van der Waals surface area contributed by atoms with Crippen LogP contribution in [0.3, 0.4) is 0 Å². The van der Waals surface area contributed by atoms with E-state index in [0.29, 0.717) is 29.9 Å². The Morgan fingerprint density at radius 2 is 1.75 bits per heavy atom. The normalized spacial score (nSPS) is 21.4. The summed E-state index contributed by atoms with van der Waals surface area (Å²) in [7, 11) is 0. The molecule has 1 N–H and O–H groups in total. The number of ketones is 1. The van der Waals surface area contributed by atoms with E-state index in [1.807, 2.05) is 56.3 Å². The SMILES string of the molecule is CC(=O)c1nn(CC(=O)N2[C@H](C(=O)NCc3ccccc3)C[C@@]3(C)C[C@@H]23)c2c(C)cc(-c3cnc(C)nc3)cc12. The number of fused-ring (bicyclic) bond motifs is 2. The second kappa shape index (κ2) is 9.66. The van der Waals surface area contributed by atoms with Crippen LogP contribution in [0.25, 0.3) is 22.0 Å². The van der Waals surface area contributed by atoms with Crippen molar-refractivity contribution in [3.05, 3.63) is 77.5 Å². The zero-order chi connectivity index (χ0) is 28.2. The maximum absolute atomic E-state index is 13.8. The molecule has 3 heterocycles. The first-order valence-electron chi connectivity index (χ1n) is 13.6. The molecule has 1 saturated carbocycles. The summed E-state index contributed by atoms with van der Waals surface area (Å²) in [5.41, 5.74) is 4.62. The van der Waals surface area contributed by atoms with Crippen LogP contribution < -0.4 is 5.32 Å². The number of aromatic nitrogens is 4. The second-order valence-electron chi connectivity index (χ2n) is 11.4. The highest BCUT2D eigenvalue weighted by Gasteiger charge is 2.64. The first kappa shape index (κ1) is 25.9. The number of Topliss-reactive ketones (excluding diaryl/α,β-unsaturated/α-hetero) is 1. The summed E-state index contributed by atoms with van der Waals surface area (Å²) in [5, 5.41) is 8.31. The molecule has 4 aromatic rings. The largest absolute Gasteiger partial charge is 0.350 e. The average molecular weight is 537 g/mol. The average Bonchev–Trinajstić information content (AvgIpc) is 3.29. The Morgan fingerprint density at radius 3 is 2.45 bits per heavy atom. The number of piperidine rings is 1. The molecule has 0 radical (unpaired) electrons. The summed E-state index contributed by atoms with van der Waals surface area (Å²) in [6, 6.07) is 13.2. The van der Waals surface area contributed by atoms with E-state index in [2.05, 4.69) is 27.3 Å². The van der Waals surface area contributed by atoms with Gasteiger partial charge in [-0.2, -0.15) is 5.10 Å². The van der Waals surface area contributed by atoms with Crippen LogP contribution in [-0.4, -0.2) is 54.3 Å². The van der Waals surface area contributed by atoms with Crippen molar-refractivity contribution < 1.29 is 14.4 Å². The van der Waals surface area contributed by atoms with Gasteiger partial charge in [0.05, 0.1) is 5.52 Å². The molecule has 2 aliphatic rings. The van der Waals surface area contributed by atoms with E-state index < -0.39 is 6.04 Å². The van der Waals surface area contributed by atoms with Crippen molar-refractivity contribution in [1.29, 1.82) is 0 Å². The maximum Gasteiger partial charge on any atom is 0.245 e. The lowest BCUT2D eigenvalue weighted by atomic mass is 10.0. The molecule has 1 aliphatic heterocycles. The van der Waals surface area contributed by atoms with Gasteiger partial charge in [-0.25, -0.2) is 9.97 Å². The van der Waals surface area contributed by atoms with Gasteiger partial charge in [0, 0.05) is 42.9 Å². The Morgan fingerprint density at radius 1 is 1.02 bits per heavy atom. The van der Waals surface area contributed by atoms with E-state index in [9.17, 15) is 14.4 Å². The molecule has 2 aromatic heterocycles. The van der Waals surface area contributed by atoms with E-state index >= 15 is 0 Å². The van der Waals surface area contributed by atoms with Crippen molar-refractivity contribution in [1.82, 2.24) is 30.0 Å². The zero-order valence-electron chi connectivity index (χ0n) is 23.1. The molecule has 9 heteroatoms. The molecule has 2 amide bonds. The fraction of sp³-hybridized carbons (Fsp3) is 0.355. The monoisotopic (exact) mass is 536 g/mol. The maximum atomic E-state index is 13.8. The molecular formula is C31H32N6O3. The Labute approximate surface area is 232 Å². The molecule has 1 aliphatic carbocycles. The van der Waals surface area contributed by atoms with Crippen molar-refractivity contribution in [2.75, 3.05) is 0 Å². The van der Waals surface area contributed by atoms with Gasteiger partial charge < -0.3 is 10.2 Å². The van der Waals surface area contributed by atoms with E-state index in [-0.39, 0.29) is 35.6 Å². The summed E-state index contributed by atoms with van der Waals surface area (Å²) < 4.78 is 1.62. The van der Waals surface area contributed by atoms with Crippen LogP contribution in [-0.2, 0) is 22.7 Å². The highest BCUT2D eigenvalue weighted by atomic mass is 16.2. The van der Waals surface area contributed by atoms with Gasteiger partial charge in [-0.15, -0.1) is 0 Å². The van der Waals surface area contributed by atoms with Crippen LogP contribution >= 0.6 is 0 Å². The fourth-order valence-electron chi connectivity index (χ4n) is 6.08. The number of rotatable bonds is 7. The van der Waals surface area contributed by atoms with Crippen LogP contribution in [0, 0.1) is 19.3 Å². The third-order valence-electron chi connectivity index (χ3n) is 8.30. The number of likely N-dealkylation sites (tertiary alicyclic amines) is 1. The van der Waals surface area contributed by atoms with Gasteiger partial charge in [0.25, 0.3) is 0 Å². The minimum absolute atomic E-state index is 0.0378. The summed E-state index contributed by atoms with van der Waals surface area (Å²) in [6.07, 6.45) is 5.05. The molecule has 204 valence electrons.